The van der Waals surface area contributed by atoms with Crippen LogP contribution in [-0.4, -0.2) is 31.9 Å². The Balaban J connectivity index is 1.73. The number of benzene rings is 1. The minimum atomic E-state index is 0.179. The van der Waals surface area contributed by atoms with Crippen molar-refractivity contribution in [3.05, 3.63) is 35.9 Å². The van der Waals surface area contributed by atoms with Gasteiger partial charge in [0, 0.05) is 13.1 Å². The molecule has 0 saturated carbocycles. The van der Waals surface area contributed by atoms with Crippen molar-refractivity contribution in [2.24, 2.45) is 5.92 Å². The second kappa shape index (κ2) is 8.40. The van der Waals surface area contributed by atoms with E-state index in [0.717, 1.165) is 13.1 Å². The highest BCUT2D eigenvalue weighted by Crippen LogP contribution is 2.19. The minimum Gasteiger partial charge on any atom is -0.374 e. The number of rotatable bonds is 7. The van der Waals surface area contributed by atoms with Crippen molar-refractivity contribution < 1.29 is 9.47 Å². The minimum absolute atomic E-state index is 0.179. The quantitative estimate of drug-likeness (QED) is 0.831. The number of ether oxygens (including phenoxy) is 2. The maximum atomic E-state index is 6.18. The molecule has 2 atom stereocenters. The van der Waals surface area contributed by atoms with Gasteiger partial charge in [0.1, 0.15) is 0 Å². The van der Waals surface area contributed by atoms with E-state index in [4.69, 9.17) is 9.47 Å². The Morgan fingerprint density at radius 3 is 2.65 bits per heavy atom. The molecule has 1 aromatic carbocycles. The molecule has 0 aromatic heterocycles. The van der Waals surface area contributed by atoms with Crippen molar-refractivity contribution in [3.63, 3.8) is 0 Å². The van der Waals surface area contributed by atoms with Gasteiger partial charge >= 0.3 is 0 Å². The first-order chi connectivity index (χ1) is 9.83. The van der Waals surface area contributed by atoms with Crippen LogP contribution in [0.25, 0.3) is 0 Å². The highest BCUT2D eigenvalue weighted by Gasteiger charge is 2.27. The first-order valence-electron chi connectivity index (χ1n) is 7.81. The molecule has 0 aliphatic carbocycles. The Hall–Kier alpha value is -0.900. The highest BCUT2D eigenvalue weighted by atomic mass is 16.5. The van der Waals surface area contributed by atoms with Gasteiger partial charge in [-0.05, 0) is 11.5 Å². The van der Waals surface area contributed by atoms with Crippen LogP contribution >= 0.6 is 0 Å². The maximum Gasteiger partial charge on any atom is 0.0937 e. The van der Waals surface area contributed by atoms with Crippen molar-refractivity contribution in [1.82, 2.24) is 5.32 Å². The molecule has 1 saturated heterocycles. The molecule has 1 fully saturated rings. The van der Waals surface area contributed by atoms with Crippen LogP contribution in [-0.2, 0) is 16.1 Å². The van der Waals surface area contributed by atoms with Gasteiger partial charge in [-0.15, -0.1) is 0 Å². The zero-order chi connectivity index (χ0) is 14.2. The lowest BCUT2D eigenvalue weighted by molar-refractivity contribution is -0.0993. The van der Waals surface area contributed by atoms with E-state index in [9.17, 15) is 0 Å². The van der Waals surface area contributed by atoms with Gasteiger partial charge in [0.15, 0.2) is 0 Å². The van der Waals surface area contributed by atoms with E-state index in [1.807, 2.05) is 18.2 Å². The van der Waals surface area contributed by atoms with Crippen molar-refractivity contribution in [2.75, 3.05) is 19.7 Å². The highest BCUT2D eigenvalue weighted by molar-refractivity contribution is 5.13. The normalized spacial score (nSPS) is 23.1. The summed E-state index contributed by atoms with van der Waals surface area (Å²) in [7, 11) is 0. The van der Waals surface area contributed by atoms with Crippen molar-refractivity contribution in [2.45, 2.75) is 45.5 Å². The predicted molar refractivity (Wildman–Crippen MR) is 81.7 cm³/mol. The maximum absolute atomic E-state index is 6.18. The molecule has 0 amide bonds. The Bertz CT molecular complexity index is 365. The standard InChI is InChI=1S/C17H27NO2/c1-3-15(4-2)17-11-18-10-16(20-17)13-19-12-14-8-6-5-7-9-14/h5-9,15-18H,3-4,10-13H2,1-2H3. The van der Waals surface area contributed by atoms with Gasteiger partial charge in [-0.1, -0.05) is 57.0 Å². The summed E-state index contributed by atoms with van der Waals surface area (Å²) in [6, 6.07) is 10.3. The van der Waals surface area contributed by atoms with Crippen LogP contribution in [0.4, 0.5) is 0 Å². The summed E-state index contributed by atoms with van der Waals surface area (Å²) >= 11 is 0. The van der Waals surface area contributed by atoms with Crippen LogP contribution in [0.3, 0.4) is 0 Å². The summed E-state index contributed by atoms with van der Waals surface area (Å²) < 4.78 is 12.0. The Morgan fingerprint density at radius 2 is 1.95 bits per heavy atom. The van der Waals surface area contributed by atoms with Gasteiger partial charge in [-0.2, -0.15) is 0 Å². The van der Waals surface area contributed by atoms with Gasteiger partial charge in [0.05, 0.1) is 25.4 Å². The molecule has 1 N–H and O–H groups in total. The lowest BCUT2D eigenvalue weighted by atomic mass is 9.95. The molecule has 1 aliphatic heterocycles. The van der Waals surface area contributed by atoms with E-state index in [0.29, 0.717) is 25.2 Å². The third kappa shape index (κ3) is 4.58. The summed E-state index contributed by atoms with van der Waals surface area (Å²) in [6.45, 7) is 7.68. The van der Waals surface area contributed by atoms with E-state index < -0.39 is 0 Å². The van der Waals surface area contributed by atoms with E-state index >= 15 is 0 Å². The molecule has 0 spiro atoms. The lowest BCUT2D eigenvalue weighted by Gasteiger charge is -2.35. The van der Waals surface area contributed by atoms with Crippen molar-refractivity contribution in [1.29, 1.82) is 0 Å². The number of hydrogen-bond acceptors (Lipinski definition) is 3. The summed E-state index contributed by atoms with van der Waals surface area (Å²) in [5.74, 6) is 0.652. The van der Waals surface area contributed by atoms with Gasteiger partial charge in [0.25, 0.3) is 0 Å². The van der Waals surface area contributed by atoms with E-state index in [-0.39, 0.29) is 6.10 Å². The fourth-order valence-electron chi connectivity index (χ4n) is 2.80. The fourth-order valence-corrected chi connectivity index (χ4v) is 2.80. The first kappa shape index (κ1) is 15.5. The average molecular weight is 277 g/mol. The topological polar surface area (TPSA) is 30.5 Å². The van der Waals surface area contributed by atoms with Crippen LogP contribution in [0.5, 0.6) is 0 Å². The third-order valence-corrected chi connectivity index (χ3v) is 4.07. The SMILES string of the molecule is CCC(CC)C1CNCC(COCc2ccccc2)O1. The molecule has 3 heteroatoms. The predicted octanol–water partition coefficient (Wildman–Crippen LogP) is 3.00. The molecule has 112 valence electrons. The summed E-state index contributed by atoms with van der Waals surface area (Å²) in [5, 5.41) is 3.48. The van der Waals surface area contributed by atoms with Crippen molar-refractivity contribution >= 4 is 0 Å². The molecule has 1 aliphatic rings. The lowest BCUT2D eigenvalue weighted by Crippen LogP contribution is -2.49. The van der Waals surface area contributed by atoms with E-state index in [1.54, 1.807) is 0 Å². The fraction of sp³-hybridized carbons (Fsp3) is 0.647. The Kier molecular flexibility index (Phi) is 6.51. The molecule has 1 aromatic rings. The molecule has 0 radical (unpaired) electrons. The molecular weight excluding hydrogens is 250 g/mol. The van der Waals surface area contributed by atoms with Gasteiger partial charge in [-0.25, -0.2) is 0 Å². The van der Waals surface area contributed by atoms with E-state index in [1.165, 1.54) is 18.4 Å². The van der Waals surface area contributed by atoms with E-state index in [2.05, 4.69) is 31.3 Å². The molecule has 2 rings (SSSR count). The second-order valence-electron chi connectivity index (χ2n) is 5.53. The van der Waals surface area contributed by atoms with Gasteiger partial charge in [-0.3, -0.25) is 0 Å². The number of morpholine rings is 1. The van der Waals surface area contributed by atoms with Crippen LogP contribution in [0.15, 0.2) is 30.3 Å². The van der Waals surface area contributed by atoms with Crippen LogP contribution in [0.1, 0.15) is 32.3 Å². The Morgan fingerprint density at radius 1 is 1.20 bits per heavy atom. The molecule has 2 unspecified atom stereocenters. The molecule has 1 heterocycles. The van der Waals surface area contributed by atoms with Crippen LogP contribution in [0, 0.1) is 5.92 Å². The van der Waals surface area contributed by atoms with Crippen LogP contribution < -0.4 is 5.32 Å². The molecule has 20 heavy (non-hydrogen) atoms. The third-order valence-electron chi connectivity index (χ3n) is 4.07. The number of hydrogen-bond donors (Lipinski definition) is 1. The largest absolute Gasteiger partial charge is 0.374 e. The molecular formula is C17H27NO2. The smallest absolute Gasteiger partial charge is 0.0937 e. The summed E-state index contributed by atoms with van der Waals surface area (Å²) in [6.07, 6.45) is 2.88. The van der Waals surface area contributed by atoms with Gasteiger partial charge < -0.3 is 14.8 Å². The molecule has 0 bridgehead atoms. The van der Waals surface area contributed by atoms with Crippen molar-refractivity contribution in [3.8, 4) is 0 Å². The second-order valence-corrected chi connectivity index (χ2v) is 5.53. The molecule has 3 nitrogen and oxygen atoms in total. The summed E-state index contributed by atoms with van der Waals surface area (Å²) in [4.78, 5) is 0. The monoisotopic (exact) mass is 277 g/mol. The zero-order valence-corrected chi connectivity index (χ0v) is 12.7. The summed E-state index contributed by atoms with van der Waals surface area (Å²) in [5.41, 5.74) is 1.22. The first-order valence-corrected chi connectivity index (χ1v) is 7.81. The number of nitrogens with one attached hydrogen (secondary N) is 1. The average Bonchev–Trinajstić information content (AvgIpc) is 2.50. The Labute approximate surface area is 122 Å². The van der Waals surface area contributed by atoms with Gasteiger partial charge in [0.2, 0.25) is 0 Å². The zero-order valence-electron chi connectivity index (χ0n) is 12.7. The van der Waals surface area contributed by atoms with Crippen LogP contribution in [0.2, 0.25) is 0 Å².